The highest BCUT2D eigenvalue weighted by Gasteiger charge is 2.36. The van der Waals surface area contributed by atoms with Gasteiger partial charge in [0.25, 0.3) is 11.5 Å². The van der Waals surface area contributed by atoms with Crippen LogP contribution in [0.15, 0.2) is 104 Å². The van der Waals surface area contributed by atoms with E-state index in [0.717, 1.165) is 31.0 Å². The van der Waals surface area contributed by atoms with E-state index in [1.54, 1.807) is 12.1 Å². The Morgan fingerprint density at radius 1 is 0.841 bits per heavy atom. The van der Waals surface area contributed by atoms with Crippen LogP contribution in [0.25, 0.3) is 22.0 Å². The molecule has 0 bridgehead atoms. The number of aromatic amines is 1. The van der Waals surface area contributed by atoms with Gasteiger partial charge in [-0.25, -0.2) is 5.01 Å². The first-order valence-electron chi connectivity index (χ1n) is 13.7. The first-order chi connectivity index (χ1) is 21.3. The standard InChI is InChI=1S/C34H27Br2N3O5/c1-42-28-15-21(16-29(43-2)32(28)44-3)34(41)39-27(19-9-11-22(35)12-10-19)18-26(38-39)31-30(20-7-5-4-6-8-20)24-17-23(36)13-14-25(24)37-33(31)40/h4-17,27H,18H2,1-3H3,(H,37,40)/t27-/m0/s1. The average Bonchev–Trinajstić information content (AvgIpc) is 3.48. The predicted octanol–water partition coefficient (Wildman–Crippen LogP) is 7.74. The maximum atomic E-state index is 14.3. The van der Waals surface area contributed by atoms with Crippen LogP contribution in [0.5, 0.6) is 17.2 Å². The number of aromatic nitrogens is 1. The van der Waals surface area contributed by atoms with Gasteiger partial charge >= 0.3 is 0 Å². The summed E-state index contributed by atoms with van der Waals surface area (Å²) in [5.41, 5.74) is 4.13. The highest BCUT2D eigenvalue weighted by atomic mass is 79.9. The molecule has 1 N–H and O–H groups in total. The van der Waals surface area contributed by atoms with Crippen molar-refractivity contribution in [3.63, 3.8) is 0 Å². The Kier molecular flexibility index (Phi) is 8.29. The van der Waals surface area contributed by atoms with Crippen molar-refractivity contribution in [3.8, 4) is 28.4 Å². The number of methoxy groups -OCH3 is 3. The molecular formula is C34H27Br2N3O5. The van der Waals surface area contributed by atoms with Gasteiger partial charge in [-0.2, -0.15) is 5.10 Å². The molecule has 2 heterocycles. The maximum Gasteiger partial charge on any atom is 0.274 e. The highest BCUT2D eigenvalue weighted by molar-refractivity contribution is 9.10. The van der Waals surface area contributed by atoms with Gasteiger partial charge in [0.1, 0.15) is 0 Å². The van der Waals surface area contributed by atoms with Crippen molar-refractivity contribution >= 4 is 54.4 Å². The second-order valence-corrected chi connectivity index (χ2v) is 12.0. The number of amides is 1. The van der Waals surface area contributed by atoms with Crippen LogP contribution in [0.4, 0.5) is 0 Å². The topological polar surface area (TPSA) is 93.2 Å². The van der Waals surface area contributed by atoms with E-state index in [1.165, 1.54) is 26.3 Å². The van der Waals surface area contributed by atoms with Gasteiger partial charge in [-0.1, -0.05) is 74.3 Å². The molecule has 8 nitrogen and oxygen atoms in total. The van der Waals surface area contributed by atoms with Crippen molar-refractivity contribution in [3.05, 3.63) is 121 Å². The van der Waals surface area contributed by atoms with Gasteiger partial charge in [0.15, 0.2) is 11.5 Å². The summed E-state index contributed by atoms with van der Waals surface area (Å²) in [5.74, 6) is 0.694. The molecule has 6 rings (SSSR count). The molecule has 0 fully saturated rings. The van der Waals surface area contributed by atoms with Crippen LogP contribution >= 0.6 is 31.9 Å². The van der Waals surface area contributed by atoms with Crippen molar-refractivity contribution in [1.29, 1.82) is 0 Å². The lowest BCUT2D eigenvalue weighted by Crippen LogP contribution is -2.27. The average molecular weight is 717 g/mol. The SMILES string of the molecule is COc1cc(C(=O)N2N=C(c3c(-c4ccccc4)c4cc(Br)ccc4[nH]c3=O)C[C@H]2c2ccc(Br)cc2)cc(OC)c1OC. The number of carbonyl (C=O) groups is 1. The maximum absolute atomic E-state index is 14.3. The van der Waals surface area contributed by atoms with Crippen molar-refractivity contribution < 1.29 is 19.0 Å². The summed E-state index contributed by atoms with van der Waals surface area (Å²) in [6.07, 6.45) is 0.320. The highest BCUT2D eigenvalue weighted by Crippen LogP contribution is 2.41. The zero-order valence-electron chi connectivity index (χ0n) is 24.1. The van der Waals surface area contributed by atoms with Crippen molar-refractivity contribution in [2.24, 2.45) is 5.10 Å². The lowest BCUT2D eigenvalue weighted by molar-refractivity contribution is 0.0710. The molecule has 1 amide bonds. The second-order valence-electron chi connectivity index (χ2n) is 10.1. The molecule has 0 unspecified atom stereocenters. The molecule has 1 aliphatic rings. The number of hydrogen-bond acceptors (Lipinski definition) is 6. The quantitative estimate of drug-likeness (QED) is 0.186. The van der Waals surface area contributed by atoms with Gasteiger partial charge in [0.2, 0.25) is 5.75 Å². The normalized spacial score (nSPS) is 14.4. The monoisotopic (exact) mass is 715 g/mol. The van der Waals surface area contributed by atoms with Crippen LogP contribution < -0.4 is 19.8 Å². The fraction of sp³-hybridized carbons (Fsp3) is 0.147. The smallest absolute Gasteiger partial charge is 0.274 e. The molecule has 4 aromatic carbocycles. The van der Waals surface area contributed by atoms with E-state index in [4.69, 9.17) is 19.3 Å². The first-order valence-corrected chi connectivity index (χ1v) is 15.3. The first kappa shape index (κ1) is 29.7. The fourth-order valence-corrected chi connectivity index (χ4v) is 6.20. The Bertz CT molecular complexity index is 1950. The molecule has 0 saturated carbocycles. The summed E-state index contributed by atoms with van der Waals surface area (Å²) in [7, 11) is 4.50. The molecule has 44 heavy (non-hydrogen) atoms. The number of halogens is 2. The van der Waals surface area contributed by atoms with E-state index in [2.05, 4.69) is 36.8 Å². The number of pyridine rings is 1. The number of rotatable bonds is 7. The number of ether oxygens (including phenoxy) is 3. The summed E-state index contributed by atoms with van der Waals surface area (Å²) in [6.45, 7) is 0. The number of nitrogens with zero attached hydrogens (tertiary/aromatic N) is 2. The molecule has 0 saturated heterocycles. The van der Waals surface area contributed by atoms with Crippen molar-refractivity contribution in [1.82, 2.24) is 9.99 Å². The van der Waals surface area contributed by atoms with Crippen molar-refractivity contribution in [2.75, 3.05) is 21.3 Å². The largest absolute Gasteiger partial charge is 0.493 e. The summed E-state index contributed by atoms with van der Waals surface area (Å²) < 4.78 is 18.3. The molecule has 0 radical (unpaired) electrons. The number of fused-ring (bicyclic) bond motifs is 1. The minimum atomic E-state index is -0.481. The van der Waals surface area contributed by atoms with E-state index >= 15 is 0 Å². The van der Waals surface area contributed by atoms with Gasteiger partial charge in [0.05, 0.1) is 38.6 Å². The van der Waals surface area contributed by atoms with Crippen LogP contribution in [0.3, 0.4) is 0 Å². The molecule has 0 spiro atoms. The Morgan fingerprint density at radius 2 is 1.50 bits per heavy atom. The Balaban J connectivity index is 1.56. The van der Waals surface area contributed by atoms with Gasteiger partial charge in [0, 0.05) is 37.4 Å². The number of H-pyrrole nitrogens is 1. The number of carbonyl (C=O) groups excluding carboxylic acids is 1. The molecule has 5 aromatic rings. The van der Waals surface area contributed by atoms with Crippen LogP contribution in [-0.4, -0.2) is 42.9 Å². The third kappa shape index (κ3) is 5.39. The molecule has 1 atom stereocenters. The minimum absolute atomic E-state index is 0.283. The lowest BCUT2D eigenvalue weighted by atomic mass is 9.91. The van der Waals surface area contributed by atoms with Gasteiger partial charge < -0.3 is 19.2 Å². The number of hydrazone groups is 1. The third-order valence-electron chi connectivity index (χ3n) is 7.61. The summed E-state index contributed by atoms with van der Waals surface area (Å²) in [5, 5.41) is 7.19. The molecule has 0 aliphatic carbocycles. The summed E-state index contributed by atoms with van der Waals surface area (Å²) >= 11 is 7.10. The molecular weight excluding hydrogens is 690 g/mol. The number of nitrogens with one attached hydrogen (secondary N) is 1. The number of hydrogen-bond donors (Lipinski definition) is 1. The van der Waals surface area contributed by atoms with Crippen molar-refractivity contribution in [2.45, 2.75) is 12.5 Å². The third-order valence-corrected chi connectivity index (χ3v) is 8.63. The molecule has 1 aromatic heterocycles. The number of benzene rings is 4. The lowest BCUT2D eigenvalue weighted by Gasteiger charge is -2.23. The van der Waals surface area contributed by atoms with Crippen LogP contribution in [-0.2, 0) is 0 Å². The van der Waals surface area contributed by atoms with E-state index < -0.39 is 6.04 Å². The zero-order chi connectivity index (χ0) is 31.0. The van der Waals surface area contributed by atoms with Gasteiger partial charge in [-0.15, -0.1) is 0 Å². The van der Waals surface area contributed by atoms with E-state index in [0.29, 0.717) is 46.0 Å². The van der Waals surface area contributed by atoms with Gasteiger partial charge in [-0.05, 0) is 53.6 Å². The molecule has 10 heteroatoms. The Morgan fingerprint density at radius 3 is 2.14 bits per heavy atom. The van der Waals surface area contributed by atoms with E-state index in [9.17, 15) is 9.59 Å². The second kappa shape index (κ2) is 12.3. The predicted molar refractivity (Wildman–Crippen MR) is 178 cm³/mol. The van der Waals surface area contributed by atoms with E-state index in [1.807, 2.05) is 72.8 Å². The summed E-state index contributed by atoms with van der Waals surface area (Å²) in [6, 6.07) is 26.0. The Hall–Kier alpha value is -4.41. The minimum Gasteiger partial charge on any atom is -0.493 e. The molecule has 222 valence electrons. The molecule has 1 aliphatic heterocycles. The van der Waals surface area contributed by atoms with Crippen LogP contribution in [0.1, 0.15) is 33.9 Å². The summed E-state index contributed by atoms with van der Waals surface area (Å²) in [4.78, 5) is 31.2. The zero-order valence-corrected chi connectivity index (χ0v) is 27.2. The van der Waals surface area contributed by atoms with Gasteiger partial charge in [-0.3, -0.25) is 9.59 Å². The fourth-order valence-electron chi connectivity index (χ4n) is 5.58. The van der Waals surface area contributed by atoms with Crippen LogP contribution in [0, 0.1) is 0 Å². The van der Waals surface area contributed by atoms with E-state index in [-0.39, 0.29) is 11.5 Å². The Labute approximate surface area is 270 Å². The van der Waals surface area contributed by atoms with Crippen LogP contribution in [0.2, 0.25) is 0 Å².